The third-order valence-corrected chi connectivity index (χ3v) is 0.757. The molecule has 0 aromatic rings. The van der Waals surface area contributed by atoms with Crippen LogP contribution >= 0.6 is 0 Å². The monoisotopic (exact) mass is 144 g/mol. The lowest BCUT2D eigenvalue weighted by atomic mass is 10.5. The van der Waals surface area contributed by atoms with Gasteiger partial charge in [0.25, 0.3) is 0 Å². The Balaban J connectivity index is 3.46. The predicted octanol–water partition coefficient (Wildman–Crippen LogP) is 1.59. The number of esters is 1. The molecule has 10 heavy (non-hydrogen) atoms. The lowest BCUT2D eigenvalue weighted by Crippen LogP contribution is -1.99. The second kappa shape index (κ2) is 4.73. The Morgan fingerprint density at radius 1 is 1.80 bits per heavy atom. The fourth-order valence-corrected chi connectivity index (χ4v) is 0.298. The second-order valence-electron chi connectivity index (χ2n) is 1.63. The van der Waals surface area contributed by atoms with Crippen LogP contribution in [-0.4, -0.2) is 12.6 Å². The summed E-state index contributed by atoms with van der Waals surface area (Å²) in [4.78, 5) is 10.3. The Bertz CT molecular complexity index is 157. The summed E-state index contributed by atoms with van der Waals surface area (Å²) in [5, 5.41) is 0. The Hall–Kier alpha value is -1.12. The summed E-state index contributed by atoms with van der Waals surface area (Å²) < 4.78 is 16.3. The maximum absolute atomic E-state index is 11.9. The van der Waals surface area contributed by atoms with Gasteiger partial charge in [-0.2, -0.15) is 0 Å². The predicted molar refractivity (Wildman–Crippen MR) is 36.0 cm³/mol. The molecule has 0 bridgehead atoms. The maximum atomic E-state index is 11.9. The fourth-order valence-electron chi connectivity index (χ4n) is 0.298. The first-order valence-corrected chi connectivity index (χ1v) is 2.78. The molecule has 0 amide bonds. The van der Waals surface area contributed by atoms with Crippen molar-refractivity contribution in [2.24, 2.45) is 0 Å². The van der Waals surface area contributed by atoms with Crippen LogP contribution in [0.1, 0.15) is 6.92 Å². The molecule has 2 nitrogen and oxygen atoms in total. The highest BCUT2D eigenvalue weighted by Crippen LogP contribution is 1.91. The first-order chi connectivity index (χ1) is 4.66. The number of halogens is 1. The molecule has 0 saturated heterocycles. The zero-order valence-electron chi connectivity index (χ0n) is 5.76. The summed E-state index contributed by atoms with van der Waals surface area (Å²) in [7, 11) is 0. The first-order valence-electron chi connectivity index (χ1n) is 2.78. The van der Waals surface area contributed by atoms with Crippen molar-refractivity contribution in [3.8, 4) is 0 Å². The van der Waals surface area contributed by atoms with E-state index in [1.807, 2.05) is 0 Å². The van der Waals surface area contributed by atoms with Crippen LogP contribution < -0.4 is 0 Å². The van der Waals surface area contributed by atoms with Gasteiger partial charge in [-0.15, -0.1) is 0 Å². The minimum absolute atomic E-state index is 0.0345. The molecule has 0 spiro atoms. The normalized spacial score (nSPS) is 10.8. The minimum atomic E-state index is -0.544. The van der Waals surface area contributed by atoms with Crippen molar-refractivity contribution >= 4 is 5.97 Å². The number of allylic oxidation sites excluding steroid dienone is 1. The summed E-state index contributed by atoms with van der Waals surface area (Å²) in [6, 6.07) is 0. The van der Waals surface area contributed by atoms with Crippen molar-refractivity contribution in [3.63, 3.8) is 0 Å². The molecule has 0 aromatic carbocycles. The van der Waals surface area contributed by atoms with Gasteiger partial charge in [-0.25, -0.2) is 9.18 Å². The van der Waals surface area contributed by atoms with E-state index in [0.717, 1.165) is 6.08 Å². The number of hydrogen-bond donors (Lipinski definition) is 0. The van der Waals surface area contributed by atoms with Crippen molar-refractivity contribution < 1.29 is 13.9 Å². The first kappa shape index (κ1) is 8.88. The average Bonchev–Trinajstić information content (AvgIpc) is 1.87. The fraction of sp³-hybridized carbons (Fsp3) is 0.286. The van der Waals surface area contributed by atoms with Crippen molar-refractivity contribution in [2.45, 2.75) is 6.92 Å². The van der Waals surface area contributed by atoms with Crippen molar-refractivity contribution in [2.75, 3.05) is 6.61 Å². The van der Waals surface area contributed by atoms with Crippen LogP contribution in [0.15, 0.2) is 24.6 Å². The Labute approximate surface area is 59.0 Å². The highest BCUT2D eigenvalue weighted by atomic mass is 19.1. The smallest absolute Gasteiger partial charge is 0.330 e. The van der Waals surface area contributed by atoms with Crippen LogP contribution in [0, 0.1) is 0 Å². The van der Waals surface area contributed by atoms with Crippen LogP contribution in [0.4, 0.5) is 4.39 Å². The van der Waals surface area contributed by atoms with Crippen molar-refractivity contribution in [1.29, 1.82) is 0 Å². The average molecular weight is 144 g/mol. The number of ether oxygens (including phenoxy) is 1. The molecule has 0 heterocycles. The second-order valence-corrected chi connectivity index (χ2v) is 1.63. The van der Waals surface area contributed by atoms with E-state index in [-0.39, 0.29) is 12.4 Å². The minimum Gasteiger partial charge on any atom is -0.458 e. The largest absolute Gasteiger partial charge is 0.458 e. The van der Waals surface area contributed by atoms with Crippen LogP contribution in [-0.2, 0) is 9.53 Å². The summed E-state index contributed by atoms with van der Waals surface area (Å²) in [5.41, 5.74) is 0. The lowest BCUT2D eigenvalue weighted by molar-refractivity contribution is -0.136. The van der Waals surface area contributed by atoms with Gasteiger partial charge in [0.15, 0.2) is 0 Å². The van der Waals surface area contributed by atoms with Crippen molar-refractivity contribution in [3.05, 3.63) is 24.6 Å². The standard InChI is InChI=1S/C7H9FO2/c1-3-7(9)10-5-4-6(2)8/h3-4H,1,5H2,2H3. The number of rotatable bonds is 3. The van der Waals surface area contributed by atoms with E-state index in [1.54, 1.807) is 0 Å². The van der Waals surface area contributed by atoms with Crippen LogP contribution in [0.5, 0.6) is 0 Å². The zero-order chi connectivity index (χ0) is 7.98. The number of carbonyl (C=O) groups excluding carboxylic acids is 1. The molecule has 0 atom stereocenters. The molecule has 0 aliphatic carbocycles. The third-order valence-electron chi connectivity index (χ3n) is 0.757. The SMILES string of the molecule is C=CC(=O)OCC=C(C)F. The molecule has 0 aliphatic rings. The summed E-state index contributed by atoms with van der Waals surface area (Å²) >= 11 is 0. The Morgan fingerprint density at radius 3 is 2.80 bits per heavy atom. The van der Waals surface area contributed by atoms with E-state index in [0.29, 0.717) is 0 Å². The molecular weight excluding hydrogens is 135 g/mol. The van der Waals surface area contributed by atoms with Crippen LogP contribution in [0.3, 0.4) is 0 Å². The summed E-state index contributed by atoms with van der Waals surface area (Å²) in [5.74, 6) is -0.908. The van der Waals surface area contributed by atoms with Gasteiger partial charge in [0, 0.05) is 6.08 Å². The Morgan fingerprint density at radius 2 is 2.40 bits per heavy atom. The van der Waals surface area contributed by atoms with E-state index in [9.17, 15) is 9.18 Å². The molecule has 0 aliphatic heterocycles. The van der Waals surface area contributed by atoms with Crippen molar-refractivity contribution in [1.82, 2.24) is 0 Å². The molecular formula is C7H9FO2. The van der Waals surface area contributed by atoms with Gasteiger partial charge in [0.2, 0.25) is 0 Å². The van der Waals surface area contributed by atoms with Crippen LogP contribution in [0.2, 0.25) is 0 Å². The van der Waals surface area contributed by atoms with Gasteiger partial charge in [-0.05, 0) is 13.0 Å². The van der Waals surface area contributed by atoms with E-state index < -0.39 is 5.97 Å². The topological polar surface area (TPSA) is 26.3 Å². The highest BCUT2D eigenvalue weighted by molar-refractivity contribution is 5.81. The maximum Gasteiger partial charge on any atom is 0.330 e. The molecule has 0 saturated carbocycles. The van der Waals surface area contributed by atoms with E-state index in [4.69, 9.17) is 0 Å². The van der Waals surface area contributed by atoms with E-state index in [1.165, 1.54) is 13.0 Å². The van der Waals surface area contributed by atoms with Gasteiger partial charge < -0.3 is 4.74 Å². The molecule has 0 aromatic heterocycles. The number of hydrogen-bond acceptors (Lipinski definition) is 2. The summed E-state index contributed by atoms with van der Waals surface area (Å²) in [6.07, 6.45) is 2.20. The Kier molecular flexibility index (Phi) is 4.20. The van der Waals surface area contributed by atoms with Gasteiger partial charge in [0.05, 0.1) is 5.83 Å². The zero-order valence-corrected chi connectivity index (χ0v) is 5.76. The molecule has 0 unspecified atom stereocenters. The molecule has 0 radical (unpaired) electrons. The quantitative estimate of drug-likeness (QED) is 0.444. The van der Waals surface area contributed by atoms with Gasteiger partial charge in [0.1, 0.15) is 6.61 Å². The summed E-state index contributed by atoms with van der Waals surface area (Å²) in [6.45, 7) is 4.41. The van der Waals surface area contributed by atoms with Gasteiger partial charge in [-0.1, -0.05) is 6.58 Å². The van der Waals surface area contributed by atoms with E-state index in [2.05, 4.69) is 11.3 Å². The molecule has 56 valence electrons. The highest BCUT2D eigenvalue weighted by Gasteiger charge is 1.91. The molecule has 0 fully saturated rings. The third kappa shape index (κ3) is 5.03. The van der Waals surface area contributed by atoms with E-state index >= 15 is 0 Å². The number of carbonyl (C=O) groups is 1. The molecule has 0 rings (SSSR count). The van der Waals surface area contributed by atoms with Crippen LogP contribution in [0.25, 0.3) is 0 Å². The van der Waals surface area contributed by atoms with Gasteiger partial charge in [-0.3, -0.25) is 0 Å². The molecule has 3 heteroatoms. The lowest BCUT2D eigenvalue weighted by Gasteiger charge is -1.94. The van der Waals surface area contributed by atoms with Gasteiger partial charge >= 0.3 is 5.97 Å². The molecule has 0 N–H and O–H groups in total.